The molecule has 0 saturated heterocycles. The Morgan fingerprint density at radius 1 is 1.50 bits per heavy atom. The maximum Gasteiger partial charge on any atom is 0.325 e. The van der Waals surface area contributed by atoms with Crippen LogP contribution in [0.3, 0.4) is 0 Å². The lowest BCUT2D eigenvalue weighted by atomic mass is 10.4. The van der Waals surface area contributed by atoms with E-state index in [1.165, 1.54) is 23.3 Å². The summed E-state index contributed by atoms with van der Waals surface area (Å²) >= 11 is 0. The molecule has 0 bridgehead atoms. The number of amides is 1. The summed E-state index contributed by atoms with van der Waals surface area (Å²) in [7, 11) is 0. The summed E-state index contributed by atoms with van der Waals surface area (Å²) in [5, 5.41) is 14.9. The maximum absolute atomic E-state index is 11.7. The molecule has 1 aliphatic heterocycles. The van der Waals surface area contributed by atoms with Gasteiger partial charge in [-0.1, -0.05) is 0 Å². The molecule has 1 aromatic rings. The van der Waals surface area contributed by atoms with Gasteiger partial charge in [-0.2, -0.15) is 5.10 Å². The first-order valence-electron chi connectivity index (χ1n) is 5.15. The Kier molecular flexibility index (Phi) is 3.46. The highest BCUT2D eigenvalue weighted by atomic mass is 16.6. The van der Waals surface area contributed by atoms with E-state index in [9.17, 15) is 9.59 Å². The van der Waals surface area contributed by atoms with Crippen LogP contribution in [0.2, 0.25) is 0 Å². The van der Waals surface area contributed by atoms with Gasteiger partial charge in [0.1, 0.15) is 26.0 Å². The molecule has 0 unspecified atom stereocenters. The van der Waals surface area contributed by atoms with Gasteiger partial charge in [-0.05, 0) is 0 Å². The quantitative estimate of drug-likeness (QED) is 0.770. The molecule has 1 aliphatic rings. The van der Waals surface area contributed by atoms with Gasteiger partial charge >= 0.3 is 5.97 Å². The van der Waals surface area contributed by atoms with E-state index in [1.807, 2.05) is 0 Å². The zero-order chi connectivity index (χ0) is 13.0. The van der Waals surface area contributed by atoms with Crippen molar-refractivity contribution >= 4 is 17.6 Å². The number of carboxylic acids is 1. The zero-order valence-corrected chi connectivity index (χ0v) is 9.33. The average molecular weight is 253 g/mol. The van der Waals surface area contributed by atoms with Crippen LogP contribution < -0.4 is 5.32 Å². The largest absolute Gasteiger partial charge is 0.494 e. The number of hydrogen-bond donors (Lipinski definition) is 2. The van der Waals surface area contributed by atoms with Gasteiger partial charge in [0.25, 0.3) is 5.91 Å². The predicted molar refractivity (Wildman–Crippen MR) is 58.5 cm³/mol. The lowest BCUT2D eigenvalue weighted by Gasteiger charge is -2.14. The molecule has 8 nitrogen and oxygen atoms in total. The van der Waals surface area contributed by atoms with Crippen LogP contribution in [-0.2, 0) is 25.6 Å². The number of rotatable bonds is 4. The van der Waals surface area contributed by atoms with Crippen molar-refractivity contribution in [2.24, 2.45) is 0 Å². The van der Waals surface area contributed by atoms with E-state index < -0.39 is 11.9 Å². The third-order valence-corrected chi connectivity index (χ3v) is 2.06. The van der Waals surface area contributed by atoms with Crippen molar-refractivity contribution < 1.29 is 24.2 Å². The van der Waals surface area contributed by atoms with E-state index in [-0.39, 0.29) is 12.3 Å². The van der Waals surface area contributed by atoms with E-state index in [4.69, 9.17) is 14.6 Å². The zero-order valence-electron chi connectivity index (χ0n) is 9.33. The van der Waals surface area contributed by atoms with Gasteiger partial charge in [-0.25, -0.2) is 0 Å². The summed E-state index contributed by atoms with van der Waals surface area (Å²) in [6.45, 7) is 0.461. The van der Waals surface area contributed by atoms with Crippen LogP contribution in [0.25, 0.3) is 0 Å². The van der Waals surface area contributed by atoms with E-state index in [0.717, 1.165) is 0 Å². The summed E-state index contributed by atoms with van der Waals surface area (Å²) < 4.78 is 11.2. The standard InChI is InChI=1S/C10H11N3O5/c14-9(15)5-13-4-7(3-11-13)12-10(16)8-6-17-1-2-18-8/h3-4,6H,1-2,5H2,(H,12,16)(H,14,15). The Morgan fingerprint density at radius 2 is 2.33 bits per heavy atom. The molecule has 1 amide bonds. The first-order valence-corrected chi connectivity index (χ1v) is 5.15. The van der Waals surface area contributed by atoms with Crippen LogP contribution in [-0.4, -0.2) is 40.0 Å². The second-order valence-corrected chi connectivity index (χ2v) is 3.48. The summed E-state index contributed by atoms with van der Waals surface area (Å²) in [4.78, 5) is 22.1. The van der Waals surface area contributed by atoms with E-state index in [2.05, 4.69) is 10.4 Å². The summed E-state index contributed by atoms with van der Waals surface area (Å²) in [6, 6.07) is 0. The minimum absolute atomic E-state index is 0.0761. The Bertz CT molecular complexity index is 493. The van der Waals surface area contributed by atoms with E-state index >= 15 is 0 Å². The van der Waals surface area contributed by atoms with Gasteiger partial charge in [0.15, 0.2) is 0 Å². The Hall–Kier alpha value is -2.51. The van der Waals surface area contributed by atoms with Crippen molar-refractivity contribution in [2.45, 2.75) is 6.54 Å². The maximum atomic E-state index is 11.7. The number of nitrogens with zero attached hydrogens (tertiary/aromatic N) is 2. The molecule has 0 atom stereocenters. The number of aromatic nitrogens is 2. The summed E-state index contributed by atoms with van der Waals surface area (Å²) in [5.74, 6) is -1.40. The van der Waals surface area contributed by atoms with Gasteiger partial charge in [-0.3, -0.25) is 14.3 Å². The number of carboxylic acid groups (broad SMARTS) is 1. The highest BCUT2D eigenvalue weighted by molar-refractivity contribution is 6.01. The molecule has 0 fully saturated rings. The SMILES string of the molecule is O=C(O)Cn1cc(NC(=O)C2=COCCO2)cn1. The van der Waals surface area contributed by atoms with Crippen molar-refractivity contribution in [1.29, 1.82) is 0 Å². The summed E-state index contributed by atoms with van der Waals surface area (Å²) in [5.41, 5.74) is 0.385. The number of carbonyl (C=O) groups excluding carboxylic acids is 1. The molecule has 2 rings (SSSR count). The van der Waals surface area contributed by atoms with Gasteiger partial charge < -0.3 is 19.9 Å². The topological polar surface area (TPSA) is 103 Å². The highest BCUT2D eigenvalue weighted by Gasteiger charge is 2.15. The van der Waals surface area contributed by atoms with Gasteiger partial charge in [0, 0.05) is 6.20 Å². The molecular formula is C10H11N3O5. The van der Waals surface area contributed by atoms with Crippen molar-refractivity contribution in [1.82, 2.24) is 9.78 Å². The van der Waals surface area contributed by atoms with Crippen LogP contribution in [0.15, 0.2) is 24.4 Å². The molecule has 1 aromatic heterocycles. The van der Waals surface area contributed by atoms with Crippen molar-refractivity contribution in [3.8, 4) is 0 Å². The fraction of sp³-hybridized carbons (Fsp3) is 0.300. The second-order valence-electron chi connectivity index (χ2n) is 3.48. The molecule has 8 heteroatoms. The minimum Gasteiger partial charge on any atom is -0.494 e. The van der Waals surface area contributed by atoms with Gasteiger partial charge in [0.05, 0.1) is 11.9 Å². The normalized spacial score (nSPS) is 14.1. The smallest absolute Gasteiger partial charge is 0.325 e. The lowest BCUT2D eigenvalue weighted by molar-refractivity contribution is -0.137. The van der Waals surface area contributed by atoms with Crippen LogP contribution >= 0.6 is 0 Å². The molecule has 0 spiro atoms. The van der Waals surface area contributed by atoms with Crippen LogP contribution in [0, 0.1) is 0 Å². The molecule has 2 N–H and O–H groups in total. The van der Waals surface area contributed by atoms with Crippen LogP contribution in [0.5, 0.6) is 0 Å². The van der Waals surface area contributed by atoms with E-state index in [0.29, 0.717) is 18.9 Å². The van der Waals surface area contributed by atoms with Crippen LogP contribution in [0.1, 0.15) is 0 Å². The van der Waals surface area contributed by atoms with Gasteiger partial charge in [-0.15, -0.1) is 0 Å². The number of hydrogen-bond acceptors (Lipinski definition) is 5. The molecule has 18 heavy (non-hydrogen) atoms. The number of ether oxygens (including phenoxy) is 2. The fourth-order valence-corrected chi connectivity index (χ4v) is 1.33. The average Bonchev–Trinajstić information content (AvgIpc) is 2.76. The Labute approximate surface area is 102 Å². The van der Waals surface area contributed by atoms with Crippen molar-refractivity contribution in [3.63, 3.8) is 0 Å². The number of anilines is 1. The van der Waals surface area contributed by atoms with Gasteiger partial charge in [0.2, 0.25) is 5.76 Å². The minimum atomic E-state index is -1.01. The monoisotopic (exact) mass is 253 g/mol. The molecule has 0 radical (unpaired) electrons. The summed E-state index contributed by atoms with van der Waals surface area (Å²) in [6.07, 6.45) is 4.00. The van der Waals surface area contributed by atoms with E-state index in [1.54, 1.807) is 0 Å². The first-order chi connectivity index (χ1) is 8.65. The fourth-order valence-electron chi connectivity index (χ4n) is 1.33. The highest BCUT2D eigenvalue weighted by Crippen LogP contribution is 2.10. The third kappa shape index (κ3) is 3.00. The molecule has 96 valence electrons. The predicted octanol–water partition coefficient (Wildman–Crippen LogP) is -0.206. The Balaban J connectivity index is 1.96. The van der Waals surface area contributed by atoms with Crippen LogP contribution in [0.4, 0.5) is 5.69 Å². The molecule has 0 aliphatic carbocycles. The number of aliphatic carboxylic acids is 1. The molecule has 2 heterocycles. The van der Waals surface area contributed by atoms with Crippen molar-refractivity contribution in [2.75, 3.05) is 18.5 Å². The molecule has 0 saturated carbocycles. The second kappa shape index (κ2) is 5.21. The Morgan fingerprint density at radius 3 is 3.00 bits per heavy atom. The lowest BCUT2D eigenvalue weighted by Crippen LogP contribution is -2.20. The third-order valence-electron chi connectivity index (χ3n) is 2.06. The first kappa shape index (κ1) is 12.0. The number of nitrogens with one attached hydrogen (secondary N) is 1. The number of carbonyl (C=O) groups is 2. The molecule has 0 aromatic carbocycles. The van der Waals surface area contributed by atoms with Crippen molar-refractivity contribution in [3.05, 3.63) is 24.4 Å². The molecular weight excluding hydrogens is 242 g/mol.